The van der Waals surface area contributed by atoms with Crippen molar-refractivity contribution in [1.29, 1.82) is 0 Å². The van der Waals surface area contributed by atoms with E-state index in [1.54, 1.807) is 14.2 Å². The lowest BCUT2D eigenvalue weighted by molar-refractivity contribution is 0.0946. The molecule has 4 rings (SSSR count). The first-order valence-corrected chi connectivity index (χ1v) is 11.1. The van der Waals surface area contributed by atoms with Crippen molar-refractivity contribution in [2.75, 3.05) is 50.2 Å². The number of para-hydroxylation sites is 1. The third-order valence-electron chi connectivity index (χ3n) is 5.33. The molecule has 0 saturated carbocycles. The third-order valence-corrected chi connectivity index (χ3v) is 6.23. The summed E-state index contributed by atoms with van der Waals surface area (Å²) in [6.07, 6.45) is 0. The fourth-order valence-corrected chi connectivity index (χ4v) is 4.45. The molecule has 8 heteroatoms. The zero-order valence-corrected chi connectivity index (χ0v) is 18.5. The first-order valence-electron chi connectivity index (χ1n) is 10.2. The van der Waals surface area contributed by atoms with Crippen LogP contribution in [-0.4, -0.2) is 51.3 Å². The van der Waals surface area contributed by atoms with E-state index in [1.165, 1.54) is 11.3 Å². The highest BCUT2D eigenvalue weighted by Crippen LogP contribution is 2.26. The van der Waals surface area contributed by atoms with Crippen LogP contribution in [0.2, 0.25) is 0 Å². The predicted molar refractivity (Wildman–Crippen MR) is 124 cm³/mol. The van der Waals surface area contributed by atoms with Crippen LogP contribution in [0.3, 0.4) is 0 Å². The Hall–Kier alpha value is -3.26. The van der Waals surface area contributed by atoms with Crippen molar-refractivity contribution in [3.8, 4) is 11.5 Å². The lowest BCUT2D eigenvalue weighted by atomic mass is 10.2. The molecular formula is C23H26N4O3S. The van der Waals surface area contributed by atoms with Gasteiger partial charge < -0.3 is 24.6 Å². The molecule has 0 spiro atoms. The maximum Gasteiger partial charge on any atom is 0.271 e. The van der Waals surface area contributed by atoms with Gasteiger partial charge in [0.05, 0.1) is 14.2 Å². The number of rotatable bonds is 7. The Labute approximate surface area is 186 Å². The molecule has 3 aromatic rings. The number of benzene rings is 2. The number of piperazine rings is 1. The average molecular weight is 439 g/mol. The Morgan fingerprint density at radius 1 is 1.03 bits per heavy atom. The van der Waals surface area contributed by atoms with E-state index in [0.717, 1.165) is 54.1 Å². The van der Waals surface area contributed by atoms with Crippen LogP contribution < -0.4 is 24.6 Å². The molecule has 1 aliphatic rings. The maximum absolute atomic E-state index is 12.6. The van der Waals surface area contributed by atoms with Gasteiger partial charge in [-0.05, 0) is 18.2 Å². The minimum Gasteiger partial charge on any atom is -0.497 e. The molecule has 0 unspecified atom stereocenters. The largest absolute Gasteiger partial charge is 0.497 e. The molecule has 1 fully saturated rings. The van der Waals surface area contributed by atoms with Gasteiger partial charge in [-0.3, -0.25) is 4.79 Å². The van der Waals surface area contributed by atoms with E-state index in [2.05, 4.69) is 32.2 Å². The van der Waals surface area contributed by atoms with E-state index in [9.17, 15) is 4.79 Å². The quantitative estimate of drug-likeness (QED) is 0.610. The first kappa shape index (κ1) is 21.0. The van der Waals surface area contributed by atoms with Gasteiger partial charge in [0.1, 0.15) is 17.2 Å². The third kappa shape index (κ3) is 4.91. The summed E-state index contributed by atoms with van der Waals surface area (Å²) in [7, 11) is 3.31. The summed E-state index contributed by atoms with van der Waals surface area (Å²) in [4.78, 5) is 21.7. The Bertz CT molecular complexity index is 1030. The SMILES string of the molecule is COc1cccc(N2CCN(c3nc(C(=O)NCc4ccccc4OC)cs3)CC2)c1. The van der Waals surface area contributed by atoms with Crippen molar-refractivity contribution in [2.24, 2.45) is 0 Å². The smallest absolute Gasteiger partial charge is 0.271 e. The highest BCUT2D eigenvalue weighted by molar-refractivity contribution is 7.13. The highest BCUT2D eigenvalue weighted by Gasteiger charge is 2.21. The van der Waals surface area contributed by atoms with E-state index >= 15 is 0 Å². The molecule has 1 N–H and O–H groups in total. The van der Waals surface area contributed by atoms with Crippen LogP contribution >= 0.6 is 11.3 Å². The summed E-state index contributed by atoms with van der Waals surface area (Å²) >= 11 is 1.51. The molecule has 7 nitrogen and oxygen atoms in total. The summed E-state index contributed by atoms with van der Waals surface area (Å²) in [6.45, 7) is 3.89. The van der Waals surface area contributed by atoms with Crippen LogP contribution in [0.1, 0.15) is 16.1 Å². The monoisotopic (exact) mass is 438 g/mol. The summed E-state index contributed by atoms with van der Waals surface area (Å²) in [5.74, 6) is 1.45. The minimum absolute atomic E-state index is 0.177. The molecular weight excluding hydrogens is 412 g/mol. The van der Waals surface area contributed by atoms with Gasteiger partial charge in [-0.25, -0.2) is 4.98 Å². The fraction of sp³-hybridized carbons (Fsp3) is 0.304. The van der Waals surface area contributed by atoms with E-state index in [1.807, 2.05) is 41.8 Å². The van der Waals surface area contributed by atoms with Crippen LogP contribution in [0, 0.1) is 0 Å². The zero-order valence-electron chi connectivity index (χ0n) is 17.7. The summed E-state index contributed by atoms with van der Waals surface area (Å²) in [6, 6.07) is 15.8. The number of nitrogens with one attached hydrogen (secondary N) is 1. The number of carbonyl (C=O) groups excluding carboxylic acids is 1. The van der Waals surface area contributed by atoms with Crippen LogP contribution in [0.5, 0.6) is 11.5 Å². The van der Waals surface area contributed by atoms with Gasteiger partial charge in [0.25, 0.3) is 5.91 Å². The minimum atomic E-state index is -0.177. The second-order valence-electron chi connectivity index (χ2n) is 7.19. The number of hydrogen-bond donors (Lipinski definition) is 1. The number of anilines is 2. The van der Waals surface area contributed by atoms with E-state index in [0.29, 0.717) is 12.2 Å². The first-order chi connectivity index (χ1) is 15.2. The van der Waals surface area contributed by atoms with Gasteiger partial charge in [0.15, 0.2) is 5.13 Å². The normalized spacial score (nSPS) is 13.7. The van der Waals surface area contributed by atoms with Crippen molar-refractivity contribution in [3.63, 3.8) is 0 Å². The summed E-state index contributed by atoms with van der Waals surface area (Å²) < 4.78 is 10.7. The topological polar surface area (TPSA) is 66.9 Å². The van der Waals surface area contributed by atoms with Crippen LogP contribution in [-0.2, 0) is 6.54 Å². The number of ether oxygens (including phenoxy) is 2. The van der Waals surface area contributed by atoms with Crippen LogP contribution in [0.4, 0.5) is 10.8 Å². The average Bonchev–Trinajstić information content (AvgIpc) is 3.33. The Morgan fingerprint density at radius 2 is 1.81 bits per heavy atom. The number of amides is 1. The molecule has 2 aromatic carbocycles. The van der Waals surface area contributed by atoms with Gasteiger partial charge in [0.2, 0.25) is 0 Å². The van der Waals surface area contributed by atoms with Crippen molar-refractivity contribution >= 4 is 28.1 Å². The lowest BCUT2D eigenvalue weighted by Gasteiger charge is -2.36. The fourth-order valence-electron chi connectivity index (χ4n) is 3.59. The highest BCUT2D eigenvalue weighted by atomic mass is 32.1. The van der Waals surface area contributed by atoms with Gasteiger partial charge in [-0.2, -0.15) is 0 Å². The molecule has 0 aliphatic carbocycles. The molecule has 2 heterocycles. The van der Waals surface area contributed by atoms with Gasteiger partial charge >= 0.3 is 0 Å². The lowest BCUT2D eigenvalue weighted by Crippen LogP contribution is -2.46. The standard InChI is InChI=1S/C23H26N4O3S/c1-29-19-8-5-7-18(14-19)26-10-12-27(13-11-26)23-25-20(16-31-23)22(28)24-15-17-6-3-4-9-21(17)30-2/h3-9,14,16H,10-13,15H2,1-2H3,(H,24,28). The van der Waals surface area contributed by atoms with Gasteiger partial charge in [-0.15, -0.1) is 11.3 Å². The van der Waals surface area contributed by atoms with Gasteiger partial charge in [0, 0.05) is 55.4 Å². The van der Waals surface area contributed by atoms with Crippen molar-refractivity contribution < 1.29 is 14.3 Å². The van der Waals surface area contributed by atoms with Crippen LogP contribution in [0.15, 0.2) is 53.9 Å². The molecule has 31 heavy (non-hydrogen) atoms. The van der Waals surface area contributed by atoms with Crippen molar-refractivity contribution in [1.82, 2.24) is 10.3 Å². The second kappa shape index (κ2) is 9.70. The number of nitrogens with zero attached hydrogens (tertiary/aromatic N) is 3. The van der Waals surface area contributed by atoms with Gasteiger partial charge in [-0.1, -0.05) is 24.3 Å². The number of hydrogen-bond acceptors (Lipinski definition) is 7. The van der Waals surface area contributed by atoms with Crippen molar-refractivity contribution in [3.05, 3.63) is 65.2 Å². The molecule has 162 valence electrons. The van der Waals surface area contributed by atoms with E-state index < -0.39 is 0 Å². The van der Waals surface area contributed by atoms with Crippen LogP contribution in [0.25, 0.3) is 0 Å². The molecule has 1 aromatic heterocycles. The molecule has 1 saturated heterocycles. The molecule has 0 atom stereocenters. The zero-order chi connectivity index (χ0) is 21.6. The Kier molecular flexibility index (Phi) is 6.57. The van der Waals surface area contributed by atoms with E-state index in [-0.39, 0.29) is 5.91 Å². The summed E-state index contributed by atoms with van der Waals surface area (Å²) in [5.41, 5.74) is 2.54. The molecule has 0 bridgehead atoms. The molecule has 1 amide bonds. The Morgan fingerprint density at radius 3 is 2.58 bits per heavy atom. The summed E-state index contributed by atoms with van der Waals surface area (Å²) in [5, 5.41) is 5.64. The number of thiazole rings is 1. The number of methoxy groups -OCH3 is 2. The van der Waals surface area contributed by atoms with Crippen molar-refractivity contribution in [2.45, 2.75) is 6.54 Å². The number of aromatic nitrogens is 1. The van der Waals surface area contributed by atoms with E-state index in [4.69, 9.17) is 9.47 Å². The molecule has 1 aliphatic heterocycles. The predicted octanol–water partition coefficient (Wildman–Crippen LogP) is 3.42. The number of carbonyl (C=O) groups is 1. The second-order valence-corrected chi connectivity index (χ2v) is 8.02. The Balaban J connectivity index is 1.33. The molecule has 0 radical (unpaired) electrons. The maximum atomic E-state index is 12.6.